The van der Waals surface area contributed by atoms with E-state index in [9.17, 15) is 0 Å². The SMILES string of the molecule is CCC(CC)n1ccc(CNCCBr)n1. The van der Waals surface area contributed by atoms with E-state index in [2.05, 4.69) is 57.1 Å². The lowest BCUT2D eigenvalue weighted by Crippen LogP contribution is -2.16. The first-order valence-electron chi connectivity index (χ1n) is 5.62. The molecule has 0 unspecified atom stereocenters. The van der Waals surface area contributed by atoms with Gasteiger partial charge in [0.2, 0.25) is 0 Å². The van der Waals surface area contributed by atoms with Crippen molar-refractivity contribution in [2.75, 3.05) is 11.9 Å². The van der Waals surface area contributed by atoms with Gasteiger partial charge >= 0.3 is 0 Å². The molecule has 0 saturated heterocycles. The molecule has 0 aromatic carbocycles. The Hall–Kier alpha value is -0.350. The number of halogens is 1. The van der Waals surface area contributed by atoms with Crippen molar-refractivity contribution in [1.29, 1.82) is 0 Å². The minimum atomic E-state index is 0.551. The molecule has 1 aromatic rings. The Morgan fingerprint density at radius 3 is 2.80 bits per heavy atom. The minimum absolute atomic E-state index is 0.551. The van der Waals surface area contributed by atoms with Crippen LogP contribution in [0.1, 0.15) is 38.4 Å². The highest BCUT2D eigenvalue weighted by Gasteiger charge is 2.07. The van der Waals surface area contributed by atoms with Gasteiger partial charge in [-0.3, -0.25) is 4.68 Å². The third kappa shape index (κ3) is 3.95. The Morgan fingerprint density at radius 1 is 1.47 bits per heavy atom. The molecule has 0 radical (unpaired) electrons. The molecule has 0 aliphatic rings. The zero-order valence-corrected chi connectivity index (χ0v) is 11.1. The number of hydrogen-bond acceptors (Lipinski definition) is 2. The van der Waals surface area contributed by atoms with Crippen molar-refractivity contribution in [1.82, 2.24) is 15.1 Å². The normalized spacial score (nSPS) is 11.2. The Balaban J connectivity index is 2.47. The van der Waals surface area contributed by atoms with Gasteiger partial charge in [-0.25, -0.2) is 0 Å². The molecule has 4 heteroatoms. The molecule has 0 amide bonds. The highest BCUT2D eigenvalue weighted by Crippen LogP contribution is 2.14. The molecule has 1 N–H and O–H groups in total. The third-order valence-electron chi connectivity index (χ3n) is 2.56. The summed E-state index contributed by atoms with van der Waals surface area (Å²) in [5.41, 5.74) is 1.13. The average molecular weight is 274 g/mol. The van der Waals surface area contributed by atoms with Crippen molar-refractivity contribution in [2.45, 2.75) is 39.3 Å². The van der Waals surface area contributed by atoms with Crippen LogP contribution in [0.15, 0.2) is 12.3 Å². The van der Waals surface area contributed by atoms with Gasteiger partial charge in [0.05, 0.1) is 11.7 Å². The Labute approximate surface area is 100 Å². The predicted molar refractivity (Wildman–Crippen MR) is 67.3 cm³/mol. The van der Waals surface area contributed by atoms with Crippen LogP contribution < -0.4 is 5.32 Å². The number of alkyl halides is 1. The first-order chi connectivity index (χ1) is 7.31. The van der Waals surface area contributed by atoms with Crippen molar-refractivity contribution in [2.24, 2.45) is 0 Å². The molecule has 86 valence electrons. The van der Waals surface area contributed by atoms with Crippen LogP contribution >= 0.6 is 15.9 Å². The van der Waals surface area contributed by atoms with E-state index in [4.69, 9.17) is 0 Å². The highest BCUT2D eigenvalue weighted by molar-refractivity contribution is 9.09. The van der Waals surface area contributed by atoms with E-state index in [1.54, 1.807) is 0 Å². The summed E-state index contributed by atoms with van der Waals surface area (Å²) in [5.74, 6) is 0. The molecule has 1 heterocycles. The summed E-state index contributed by atoms with van der Waals surface area (Å²) in [6.45, 7) is 6.26. The van der Waals surface area contributed by atoms with Crippen molar-refractivity contribution < 1.29 is 0 Å². The first kappa shape index (κ1) is 12.7. The zero-order chi connectivity index (χ0) is 11.1. The maximum Gasteiger partial charge on any atom is 0.0762 e. The summed E-state index contributed by atoms with van der Waals surface area (Å²) < 4.78 is 2.09. The van der Waals surface area contributed by atoms with Gasteiger partial charge in [0.1, 0.15) is 0 Å². The second kappa shape index (κ2) is 7.01. The molecule has 0 fully saturated rings. The number of nitrogens with one attached hydrogen (secondary N) is 1. The maximum absolute atomic E-state index is 4.56. The van der Waals surface area contributed by atoms with Crippen molar-refractivity contribution >= 4 is 15.9 Å². The predicted octanol–water partition coefficient (Wildman–Crippen LogP) is 2.73. The largest absolute Gasteiger partial charge is 0.310 e. The smallest absolute Gasteiger partial charge is 0.0762 e. The molecule has 0 saturated carbocycles. The molecule has 0 spiro atoms. The number of rotatable bonds is 7. The quantitative estimate of drug-likeness (QED) is 0.612. The van der Waals surface area contributed by atoms with E-state index >= 15 is 0 Å². The van der Waals surface area contributed by atoms with E-state index in [0.29, 0.717) is 6.04 Å². The van der Waals surface area contributed by atoms with Crippen LogP contribution in [0.4, 0.5) is 0 Å². The van der Waals surface area contributed by atoms with Crippen LogP contribution in [0.25, 0.3) is 0 Å². The van der Waals surface area contributed by atoms with Gasteiger partial charge in [0.15, 0.2) is 0 Å². The van der Waals surface area contributed by atoms with Gasteiger partial charge in [0.25, 0.3) is 0 Å². The first-order valence-corrected chi connectivity index (χ1v) is 6.74. The lowest BCUT2D eigenvalue weighted by Gasteiger charge is -2.12. The molecule has 0 aliphatic heterocycles. The molecule has 0 bridgehead atoms. The standard InChI is InChI=1S/C11H20BrN3/c1-3-11(4-2)15-8-5-10(14-15)9-13-7-6-12/h5,8,11,13H,3-4,6-7,9H2,1-2H3. The average Bonchev–Trinajstić information content (AvgIpc) is 2.69. The van der Waals surface area contributed by atoms with E-state index in [0.717, 1.165) is 37.0 Å². The van der Waals surface area contributed by atoms with Crippen LogP contribution in [0.2, 0.25) is 0 Å². The molecule has 0 aliphatic carbocycles. The van der Waals surface area contributed by atoms with Crippen LogP contribution in [0, 0.1) is 0 Å². The molecule has 1 aromatic heterocycles. The van der Waals surface area contributed by atoms with Crippen LogP contribution in [-0.2, 0) is 6.54 Å². The Kier molecular flexibility index (Phi) is 5.95. The molecule has 0 atom stereocenters. The molecular formula is C11H20BrN3. The minimum Gasteiger partial charge on any atom is -0.310 e. The summed E-state index contributed by atoms with van der Waals surface area (Å²) in [6, 6.07) is 2.65. The zero-order valence-electron chi connectivity index (χ0n) is 9.54. The molecule has 1 rings (SSSR count). The summed E-state index contributed by atoms with van der Waals surface area (Å²) in [4.78, 5) is 0. The summed E-state index contributed by atoms with van der Waals surface area (Å²) >= 11 is 3.39. The maximum atomic E-state index is 4.56. The molecule has 15 heavy (non-hydrogen) atoms. The van der Waals surface area contributed by atoms with Gasteiger partial charge in [-0.1, -0.05) is 29.8 Å². The van der Waals surface area contributed by atoms with Gasteiger partial charge in [-0.2, -0.15) is 5.10 Å². The van der Waals surface area contributed by atoms with Crippen LogP contribution in [0.5, 0.6) is 0 Å². The van der Waals surface area contributed by atoms with Gasteiger partial charge < -0.3 is 5.32 Å². The van der Waals surface area contributed by atoms with Gasteiger partial charge in [0, 0.05) is 24.6 Å². The van der Waals surface area contributed by atoms with Crippen molar-refractivity contribution in [3.8, 4) is 0 Å². The number of hydrogen-bond donors (Lipinski definition) is 1. The van der Waals surface area contributed by atoms with Gasteiger partial charge in [-0.05, 0) is 18.9 Å². The van der Waals surface area contributed by atoms with E-state index in [-0.39, 0.29) is 0 Å². The number of nitrogens with zero attached hydrogens (tertiary/aromatic N) is 2. The second-order valence-electron chi connectivity index (χ2n) is 3.62. The van der Waals surface area contributed by atoms with E-state index in [1.807, 2.05) is 0 Å². The fourth-order valence-corrected chi connectivity index (χ4v) is 1.90. The number of aromatic nitrogens is 2. The fourth-order valence-electron chi connectivity index (χ4n) is 1.62. The Bertz CT molecular complexity index is 269. The van der Waals surface area contributed by atoms with Gasteiger partial charge in [-0.15, -0.1) is 0 Å². The van der Waals surface area contributed by atoms with Crippen LogP contribution in [0.3, 0.4) is 0 Å². The highest BCUT2D eigenvalue weighted by atomic mass is 79.9. The Morgan fingerprint density at radius 2 is 2.20 bits per heavy atom. The van der Waals surface area contributed by atoms with E-state index in [1.165, 1.54) is 0 Å². The van der Waals surface area contributed by atoms with Crippen molar-refractivity contribution in [3.05, 3.63) is 18.0 Å². The molecular weight excluding hydrogens is 254 g/mol. The second-order valence-corrected chi connectivity index (χ2v) is 4.42. The van der Waals surface area contributed by atoms with Crippen LogP contribution in [-0.4, -0.2) is 21.7 Å². The monoisotopic (exact) mass is 273 g/mol. The van der Waals surface area contributed by atoms with E-state index < -0.39 is 0 Å². The van der Waals surface area contributed by atoms with Crippen molar-refractivity contribution in [3.63, 3.8) is 0 Å². The summed E-state index contributed by atoms with van der Waals surface area (Å²) in [5, 5.41) is 8.87. The fraction of sp³-hybridized carbons (Fsp3) is 0.727. The lowest BCUT2D eigenvalue weighted by atomic mass is 10.2. The topological polar surface area (TPSA) is 29.9 Å². The summed E-state index contributed by atoms with van der Waals surface area (Å²) in [6.07, 6.45) is 4.38. The third-order valence-corrected chi connectivity index (χ3v) is 2.95. The lowest BCUT2D eigenvalue weighted by molar-refractivity contribution is 0.424. The summed E-state index contributed by atoms with van der Waals surface area (Å²) in [7, 11) is 0. The molecule has 3 nitrogen and oxygen atoms in total.